The average Bonchev–Trinajstić information content (AvgIpc) is 2.43. The first-order chi connectivity index (χ1) is 9.54. The highest BCUT2D eigenvalue weighted by atomic mass is 35.5. The Kier molecular flexibility index (Phi) is 4.66. The normalized spacial score (nSPS) is 10.7. The number of rotatable bonds is 3. The molecule has 3 N–H and O–H groups in total. The van der Waals surface area contributed by atoms with E-state index in [0.717, 1.165) is 5.56 Å². The lowest BCUT2D eigenvalue weighted by Gasteiger charge is -2.02. The molecule has 0 aliphatic carbocycles. The third kappa shape index (κ3) is 4.02. The molecule has 0 saturated carbocycles. The molecule has 0 atom stereocenters. The molecule has 1 amide bonds. The molecule has 2 aromatic carbocycles. The number of hydrogen-bond donors (Lipinski definition) is 2. The Hall–Kier alpha value is -1.97. The maximum Gasteiger partial charge on any atom is 0.248 e. The molecule has 0 spiro atoms. The molecule has 0 fully saturated rings. The van der Waals surface area contributed by atoms with Gasteiger partial charge in [-0.15, -0.1) is 0 Å². The predicted octanol–water partition coefficient (Wildman–Crippen LogP) is 4.23. The van der Waals surface area contributed by atoms with Gasteiger partial charge in [0.15, 0.2) is 0 Å². The zero-order chi connectivity index (χ0) is 14.5. The van der Waals surface area contributed by atoms with Crippen LogP contribution in [0.3, 0.4) is 0 Å². The molecule has 0 aliphatic heterocycles. The van der Waals surface area contributed by atoms with Crippen molar-refractivity contribution >= 4 is 46.6 Å². The fourth-order valence-electron chi connectivity index (χ4n) is 1.55. The van der Waals surface area contributed by atoms with Gasteiger partial charge in [0.25, 0.3) is 0 Å². The smallest absolute Gasteiger partial charge is 0.248 e. The Morgan fingerprint density at radius 2 is 1.80 bits per heavy atom. The van der Waals surface area contributed by atoms with Gasteiger partial charge in [-0.25, -0.2) is 0 Å². The lowest BCUT2D eigenvalue weighted by molar-refractivity contribution is -0.111. The van der Waals surface area contributed by atoms with Crippen LogP contribution in [0, 0.1) is 0 Å². The van der Waals surface area contributed by atoms with E-state index in [0.29, 0.717) is 21.4 Å². The molecule has 3 nitrogen and oxygen atoms in total. The summed E-state index contributed by atoms with van der Waals surface area (Å²) < 4.78 is 0. The summed E-state index contributed by atoms with van der Waals surface area (Å²) in [7, 11) is 0. The number of nitrogen functional groups attached to an aromatic ring is 1. The van der Waals surface area contributed by atoms with E-state index in [1.165, 1.54) is 6.08 Å². The van der Waals surface area contributed by atoms with Gasteiger partial charge in [0.05, 0.1) is 10.7 Å². The number of carbonyl (C=O) groups is 1. The largest absolute Gasteiger partial charge is 0.398 e. The first kappa shape index (κ1) is 14.4. The molecule has 0 heterocycles. The highest BCUT2D eigenvalue weighted by Gasteiger charge is 1.99. The zero-order valence-corrected chi connectivity index (χ0v) is 11.9. The van der Waals surface area contributed by atoms with Crippen molar-refractivity contribution in [2.45, 2.75) is 0 Å². The summed E-state index contributed by atoms with van der Waals surface area (Å²) in [6.45, 7) is 0. The van der Waals surface area contributed by atoms with Gasteiger partial charge in [0, 0.05) is 16.8 Å². The Morgan fingerprint density at radius 3 is 2.45 bits per heavy atom. The Balaban J connectivity index is 2.01. The molecule has 5 heteroatoms. The van der Waals surface area contributed by atoms with Gasteiger partial charge in [0.2, 0.25) is 5.91 Å². The summed E-state index contributed by atoms with van der Waals surface area (Å²) in [5.74, 6) is -0.235. The first-order valence-electron chi connectivity index (χ1n) is 5.84. The summed E-state index contributed by atoms with van der Waals surface area (Å²) in [5, 5.41) is 3.84. The Labute approximate surface area is 127 Å². The third-order valence-corrected chi connectivity index (χ3v) is 3.16. The van der Waals surface area contributed by atoms with Crippen molar-refractivity contribution < 1.29 is 4.79 Å². The lowest BCUT2D eigenvalue weighted by Crippen LogP contribution is -2.07. The first-order valence-corrected chi connectivity index (χ1v) is 6.60. The van der Waals surface area contributed by atoms with Gasteiger partial charge in [-0.05, 0) is 48.0 Å². The molecular weight excluding hydrogens is 295 g/mol. The number of benzene rings is 2. The van der Waals surface area contributed by atoms with Crippen molar-refractivity contribution in [3.8, 4) is 0 Å². The van der Waals surface area contributed by atoms with E-state index in [4.69, 9.17) is 28.9 Å². The number of nitrogens with two attached hydrogens (primary N) is 1. The van der Waals surface area contributed by atoms with Crippen LogP contribution in [0.15, 0.2) is 48.5 Å². The van der Waals surface area contributed by atoms with E-state index in [-0.39, 0.29) is 5.91 Å². The predicted molar refractivity (Wildman–Crippen MR) is 85.0 cm³/mol. The second-order valence-electron chi connectivity index (χ2n) is 4.11. The number of nitrogens with one attached hydrogen (secondary N) is 1. The molecule has 0 aromatic heterocycles. The van der Waals surface area contributed by atoms with Gasteiger partial charge in [-0.1, -0.05) is 29.3 Å². The summed E-state index contributed by atoms with van der Waals surface area (Å²) in [6.07, 6.45) is 3.09. The number of anilines is 2. The summed E-state index contributed by atoms with van der Waals surface area (Å²) in [5.41, 5.74) is 7.65. The molecule has 0 radical (unpaired) electrons. The van der Waals surface area contributed by atoms with E-state index >= 15 is 0 Å². The zero-order valence-electron chi connectivity index (χ0n) is 10.4. The van der Waals surface area contributed by atoms with Crippen LogP contribution in [0.2, 0.25) is 10.0 Å². The SMILES string of the molecule is Nc1cc(/C=C/C(=O)Nc2ccc(Cl)cc2)ccc1Cl. The van der Waals surface area contributed by atoms with Gasteiger partial charge in [0.1, 0.15) is 0 Å². The van der Waals surface area contributed by atoms with Crippen LogP contribution in [-0.2, 0) is 4.79 Å². The second-order valence-corrected chi connectivity index (χ2v) is 4.95. The fourth-order valence-corrected chi connectivity index (χ4v) is 1.80. The van der Waals surface area contributed by atoms with Crippen LogP contribution in [-0.4, -0.2) is 5.91 Å². The van der Waals surface area contributed by atoms with E-state index in [9.17, 15) is 4.79 Å². The third-order valence-electron chi connectivity index (χ3n) is 2.56. The molecule has 2 rings (SSSR count). The molecule has 0 unspecified atom stereocenters. The van der Waals surface area contributed by atoms with Crippen LogP contribution in [0.5, 0.6) is 0 Å². The summed E-state index contributed by atoms with van der Waals surface area (Å²) in [6, 6.07) is 12.1. The molecule has 2 aromatic rings. The number of hydrogen-bond acceptors (Lipinski definition) is 2. The van der Waals surface area contributed by atoms with Crippen molar-refractivity contribution in [2.24, 2.45) is 0 Å². The Bertz CT molecular complexity index is 651. The van der Waals surface area contributed by atoms with E-state index < -0.39 is 0 Å². The van der Waals surface area contributed by atoms with E-state index in [1.54, 1.807) is 48.5 Å². The van der Waals surface area contributed by atoms with Crippen molar-refractivity contribution in [1.82, 2.24) is 0 Å². The average molecular weight is 307 g/mol. The van der Waals surface area contributed by atoms with Crippen molar-refractivity contribution in [3.05, 3.63) is 64.1 Å². The molecule has 0 bridgehead atoms. The monoisotopic (exact) mass is 306 g/mol. The van der Waals surface area contributed by atoms with Crippen LogP contribution in [0.4, 0.5) is 11.4 Å². The quantitative estimate of drug-likeness (QED) is 0.658. The minimum Gasteiger partial charge on any atom is -0.398 e. The van der Waals surface area contributed by atoms with Crippen molar-refractivity contribution in [3.63, 3.8) is 0 Å². The molecule has 0 aliphatic rings. The van der Waals surface area contributed by atoms with E-state index in [1.807, 2.05) is 0 Å². The van der Waals surface area contributed by atoms with Gasteiger partial charge >= 0.3 is 0 Å². The topological polar surface area (TPSA) is 55.1 Å². The minimum atomic E-state index is -0.235. The molecule has 0 saturated heterocycles. The number of carbonyl (C=O) groups excluding carboxylic acids is 1. The lowest BCUT2D eigenvalue weighted by atomic mass is 10.2. The minimum absolute atomic E-state index is 0.235. The highest BCUT2D eigenvalue weighted by molar-refractivity contribution is 6.33. The van der Waals surface area contributed by atoms with Crippen LogP contribution in [0.25, 0.3) is 6.08 Å². The summed E-state index contributed by atoms with van der Waals surface area (Å²) >= 11 is 11.6. The van der Waals surface area contributed by atoms with Crippen molar-refractivity contribution in [1.29, 1.82) is 0 Å². The number of halogens is 2. The maximum absolute atomic E-state index is 11.7. The van der Waals surface area contributed by atoms with Crippen LogP contribution < -0.4 is 11.1 Å². The van der Waals surface area contributed by atoms with Crippen molar-refractivity contribution in [2.75, 3.05) is 11.1 Å². The molecular formula is C15H12Cl2N2O. The van der Waals surface area contributed by atoms with Gasteiger partial charge in [-0.2, -0.15) is 0 Å². The summed E-state index contributed by atoms with van der Waals surface area (Å²) in [4.78, 5) is 11.7. The van der Waals surface area contributed by atoms with Gasteiger partial charge < -0.3 is 11.1 Å². The standard InChI is InChI=1S/C15H12Cl2N2O/c16-11-3-5-12(6-4-11)19-15(20)8-2-10-1-7-13(17)14(18)9-10/h1-9H,18H2,(H,19,20)/b8-2+. The molecule has 20 heavy (non-hydrogen) atoms. The number of amides is 1. The van der Waals surface area contributed by atoms with Crippen LogP contribution in [0.1, 0.15) is 5.56 Å². The Morgan fingerprint density at radius 1 is 1.10 bits per heavy atom. The van der Waals surface area contributed by atoms with E-state index in [2.05, 4.69) is 5.32 Å². The molecule has 102 valence electrons. The fraction of sp³-hybridized carbons (Fsp3) is 0. The maximum atomic E-state index is 11.7. The second kappa shape index (κ2) is 6.46. The van der Waals surface area contributed by atoms with Gasteiger partial charge in [-0.3, -0.25) is 4.79 Å². The highest BCUT2D eigenvalue weighted by Crippen LogP contribution is 2.20. The van der Waals surface area contributed by atoms with Crippen LogP contribution >= 0.6 is 23.2 Å².